The predicted octanol–water partition coefficient (Wildman–Crippen LogP) is 4.26. The van der Waals surface area contributed by atoms with Crippen LogP contribution in [0.25, 0.3) is 11.3 Å². The molecule has 0 spiro atoms. The van der Waals surface area contributed by atoms with E-state index in [1.807, 2.05) is 6.92 Å². The SMILES string of the molecule is CCC(N)c1ccc(-c2cc(Br)ccc2F)o1. The molecule has 0 aliphatic rings. The van der Waals surface area contributed by atoms with Crippen LogP contribution in [0.2, 0.25) is 0 Å². The maximum atomic E-state index is 13.6. The zero-order chi connectivity index (χ0) is 12.4. The van der Waals surface area contributed by atoms with E-state index in [1.165, 1.54) is 6.07 Å². The van der Waals surface area contributed by atoms with Crippen LogP contribution in [0.5, 0.6) is 0 Å². The van der Waals surface area contributed by atoms with Crippen molar-refractivity contribution in [2.45, 2.75) is 19.4 Å². The van der Waals surface area contributed by atoms with Gasteiger partial charge >= 0.3 is 0 Å². The molecule has 1 heterocycles. The Labute approximate surface area is 108 Å². The Morgan fingerprint density at radius 3 is 2.82 bits per heavy atom. The molecule has 1 atom stereocenters. The standard InChI is InChI=1S/C13H13BrFNO/c1-2-11(16)13-6-5-12(17-13)9-7-8(14)3-4-10(9)15/h3-7,11H,2,16H2,1H3. The zero-order valence-corrected chi connectivity index (χ0v) is 11.0. The Kier molecular flexibility index (Phi) is 3.64. The van der Waals surface area contributed by atoms with Crippen molar-refractivity contribution in [3.8, 4) is 11.3 Å². The van der Waals surface area contributed by atoms with Gasteiger partial charge in [-0.05, 0) is 36.8 Å². The Morgan fingerprint density at radius 2 is 2.12 bits per heavy atom. The molecule has 0 aliphatic carbocycles. The van der Waals surface area contributed by atoms with E-state index in [1.54, 1.807) is 24.3 Å². The minimum atomic E-state index is -0.306. The normalized spacial score (nSPS) is 12.7. The quantitative estimate of drug-likeness (QED) is 0.919. The van der Waals surface area contributed by atoms with Crippen molar-refractivity contribution in [1.29, 1.82) is 0 Å². The van der Waals surface area contributed by atoms with Crippen molar-refractivity contribution in [3.05, 3.63) is 46.4 Å². The fourth-order valence-electron chi connectivity index (χ4n) is 1.58. The summed E-state index contributed by atoms with van der Waals surface area (Å²) in [5.74, 6) is 0.878. The topological polar surface area (TPSA) is 39.2 Å². The van der Waals surface area contributed by atoms with Crippen LogP contribution in [0.15, 0.2) is 39.2 Å². The van der Waals surface area contributed by atoms with Crippen LogP contribution >= 0.6 is 15.9 Å². The minimum absolute atomic E-state index is 0.140. The summed E-state index contributed by atoms with van der Waals surface area (Å²) in [5.41, 5.74) is 6.30. The third-order valence-electron chi connectivity index (χ3n) is 2.63. The van der Waals surface area contributed by atoms with Crippen molar-refractivity contribution < 1.29 is 8.81 Å². The van der Waals surface area contributed by atoms with Gasteiger partial charge in [-0.1, -0.05) is 22.9 Å². The highest BCUT2D eigenvalue weighted by Crippen LogP contribution is 2.29. The molecule has 1 aromatic carbocycles. The summed E-state index contributed by atoms with van der Waals surface area (Å²) in [6.07, 6.45) is 0.786. The number of hydrogen-bond acceptors (Lipinski definition) is 2. The van der Waals surface area contributed by atoms with Gasteiger partial charge in [-0.3, -0.25) is 0 Å². The first-order valence-corrected chi connectivity index (χ1v) is 6.22. The van der Waals surface area contributed by atoms with Gasteiger partial charge in [0.05, 0.1) is 11.6 Å². The van der Waals surface area contributed by atoms with E-state index >= 15 is 0 Å². The second kappa shape index (κ2) is 5.02. The number of rotatable bonds is 3. The molecule has 0 bridgehead atoms. The molecule has 1 unspecified atom stereocenters. The van der Waals surface area contributed by atoms with Crippen LogP contribution < -0.4 is 5.73 Å². The first kappa shape index (κ1) is 12.3. The zero-order valence-electron chi connectivity index (χ0n) is 9.41. The third-order valence-corrected chi connectivity index (χ3v) is 3.12. The molecule has 2 N–H and O–H groups in total. The Bertz CT molecular complexity index is 524. The van der Waals surface area contributed by atoms with E-state index in [2.05, 4.69) is 15.9 Å². The molecule has 0 radical (unpaired) electrons. The number of nitrogens with two attached hydrogens (primary N) is 1. The molecule has 17 heavy (non-hydrogen) atoms. The third kappa shape index (κ3) is 2.58. The monoisotopic (exact) mass is 297 g/mol. The largest absolute Gasteiger partial charge is 0.459 e. The highest BCUT2D eigenvalue weighted by molar-refractivity contribution is 9.10. The first-order valence-electron chi connectivity index (χ1n) is 5.42. The van der Waals surface area contributed by atoms with Gasteiger partial charge < -0.3 is 10.2 Å². The van der Waals surface area contributed by atoms with Crippen molar-refractivity contribution in [3.63, 3.8) is 0 Å². The van der Waals surface area contributed by atoms with E-state index in [0.29, 0.717) is 17.1 Å². The summed E-state index contributed by atoms with van der Waals surface area (Å²) in [4.78, 5) is 0. The average molecular weight is 298 g/mol. The average Bonchev–Trinajstić information content (AvgIpc) is 2.80. The van der Waals surface area contributed by atoms with Gasteiger partial charge in [-0.25, -0.2) is 4.39 Å². The maximum Gasteiger partial charge on any atom is 0.137 e. The summed E-state index contributed by atoms with van der Waals surface area (Å²) in [5, 5.41) is 0. The van der Waals surface area contributed by atoms with Gasteiger partial charge in [0.15, 0.2) is 0 Å². The summed E-state index contributed by atoms with van der Waals surface area (Å²) < 4.78 is 20.0. The number of benzene rings is 1. The molecule has 0 fully saturated rings. The lowest BCUT2D eigenvalue weighted by atomic mass is 10.1. The molecule has 0 amide bonds. The van der Waals surface area contributed by atoms with Crippen molar-refractivity contribution in [2.24, 2.45) is 5.73 Å². The smallest absolute Gasteiger partial charge is 0.137 e. The fourth-order valence-corrected chi connectivity index (χ4v) is 1.95. The Balaban J connectivity index is 2.40. The van der Waals surface area contributed by atoms with Crippen LogP contribution in [0.4, 0.5) is 4.39 Å². The number of hydrogen-bond donors (Lipinski definition) is 1. The van der Waals surface area contributed by atoms with E-state index in [-0.39, 0.29) is 11.9 Å². The second-order valence-corrected chi connectivity index (χ2v) is 4.76. The Hall–Kier alpha value is -1.13. The van der Waals surface area contributed by atoms with Crippen molar-refractivity contribution in [1.82, 2.24) is 0 Å². The van der Waals surface area contributed by atoms with E-state index < -0.39 is 0 Å². The summed E-state index contributed by atoms with van der Waals surface area (Å²) in [7, 11) is 0. The molecule has 2 nitrogen and oxygen atoms in total. The lowest BCUT2D eigenvalue weighted by Gasteiger charge is -2.04. The van der Waals surface area contributed by atoms with Crippen LogP contribution in [0.3, 0.4) is 0 Å². The van der Waals surface area contributed by atoms with Gasteiger partial charge in [-0.15, -0.1) is 0 Å². The molecular weight excluding hydrogens is 285 g/mol. The summed E-state index contributed by atoms with van der Waals surface area (Å²) in [6.45, 7) is 1.98. The lowest BCUT2D eigenvalue weighted by Crippen LogP contribution is -2.06. The highest BCUT2D eigenvalue weighted by atomic mass is 79.9. The maximum absolute atomic E-state index is 13.6. The van der Waals surface area contributed by atoms with E-state index in [0.717, 1.165) is 10.9 Å². The van der Waals surface area contributed by atoms with Crippen molar-refractivity contribution in [2.75, 3.05) is 0 Å². The molecule has 0 saturated carbocycles. The molecule has 0 aliphatic heterocycles. The van der Waals surface area contributed by atoms with Crippen molar-refractivity contribution >= 4 is 15.9 Å². The molecule has 1 aromatic heterocycles. The van der Waals surface area contributed by atoms with Gasteiger partial charge in [-0.2, -0.15) is 0 Å². The van der Waals surface area contributed by atoms with Crippen LogP contribution in [0.1, 0.15) is 25.1 Å². The highest BCUT2D eigenvalue weighted by Gasteiger charge is 2.13. The van der Waals surface area contributed by atoms with E-state index in [9.17, 15) is 4.39 Å². The van der Waals surface area contributed by atoms with Gasteiger partial charge in [0.1, 0.15) is 17.3 Å². The van der Waals surface area contributed by atoms with E-state index in [4.69, 9.17) is 10.2 Å². The molecule has 0 saturated heterocycles. The minimum Gasteiger partial charge on any atom is -0.459 e. The number of halogens is 2. The second-order valence-electron chi connectivity index (χ2n) is 3.84. The van der Waals surface area contributed by atoms with Crippen LogP contribution in [-0.2, 0) is 0 Å². The van der Waals surface area contributed by atoms with Crippen LogP contribution in [-0.4, -0.2) is 0 Å². The van der Waals surface area contributed by atoms with Gasteiger partial charge in [0, 0.05) is 4.47 Å². The fraction of sp³-hybridized carbons (Fsp3) is 0.231. The molecule has 2 aromatic rings. The molecule has 4 heteroatoms. The first-order chi connectivity index (χ1) is 8.11. The molecule has 90 valence electrons. The molecular formula is C13H13BrFNO. The summed E-state index contributed by atoms with van der Waals surface area (Å²) >= 11 is 3.31. The lowest BCUT2D eigenvalue weighted by molar-refractivity contribution is 0.467. The Morgan fingerprint density at radius 1 is 1.35 bits per heavy atom. The van der Waals surface area contributed by atoms with Gasteiger partial charge in [0.25, 0.3) is 0 Å². The predicted molar refractivity (Wildman–Crippen MR) is 69.0 cm³/mol. The van der Waals surface area contributed by atoms with Gasteiger partial charge in [0.2, 0.25) is 0 Å². The van der Waals surface area contributed by atoms with Crippen LogP contribution in [0, 0.1) is 5.82 Å². The molecule has 2 rings (SSSR count). The summed E-state index contributed by atoms with van der Waals surface area (Å²) in [6, 6.07) is 8.15. The number of furan rings is 1.